The Hall–Kier alpha value is -0.670. The molecule has 0 atom stereocenters. The van der Waals surface area contributed by atoms with Crippen LogP contribution in [0.15, 0.2) is 5.16 Å². The minimum absolute atomic E-state index is 0.191. The Bertz CT molecular complexity index is 164. The minimum atomic E-state index is -2.60. The molecule has 1 aliphatic carbocycles. The van der Waals surface area contributed by atoms with Gasteiger partial charge in [-0.15, -0.1) is 0 Å². The van der Waals surface area contributed by atoms with Gasteiger partial charge in [0.25, 0.3) is 6.43 Å². The van der Waals surface area contributed by atoms with Crippen LogP contribution < -0.4 is 0 Å². The molecule has 0 bridgehead atoms. The zero-order chi connectivity index (χ0) is 8.97. The summed E-state index contributed by atoms with van der Waals surface area (Å²) in [5.41, 5.74) is -0.324. The van der Waals surface area contributed by atoms with Crippen molar-refractivity contribution in [2.24, 2.45) is 11.1 Å². The van der Waals surface area contributed by atoms with Gasteiger partial charge in [-0.25, -0.2) is 8.78 Å². The van der Waals surface area contributed by atoms with Crippen LogP contribution in [0.1, 0.15) is 32.1 Å². The Morgan fingerprint density at radius 2 is 1.83 bits per heavy atom. The lowest BCUT2D eigenvalue weighted by atomic mass is 9.86. The largest absolute Gasteiger partial charge is 0.411 e. The summed E-state index contributed by atoms with van der Waals surface area (Å²) in [4.78, 5) is 0. The van der Waals surface area contributed by atoms with Gasteiger partial charge in [0.05, 0.1) is 0 Å². The highest BCUT2D eigenvalue weighted by molar-refractivity contribution is 5.89. The van der Waals surface area contributed by atoms with Crippen LogP contribution in [0.3, 0.4) is 0 Å². The van der Waals surface area contributed by atoms with Gasteiger partial charge in [-0.1, -0.05) is 24.4 Å². The van der Waals surface area contributed by atoms with Gasteiger partial charge in [-0.3, -0.25) is 0 Å². The lowest BCUT2D eigenvalue weighted by molar-refractivity contribution is 0.200. The second-order valence-corrected chi connectivity index (χ2v) is 3.16. The average Bonchev–Trinajstić information content (AvgIpc) is 2.07. The van der Waals surface area contributed by atoms with Crippen molar-refractivity contribution >= 4 is 5.71 Å². The summed E-state index contributed by atoms with van der Waals surface area (Å²) < 4.78 is 24.4. The first-order valence-electron chi connectivity index (χ1n) is 4.25. The number of alkyl halides is 2. The fraction of sp³-hybridized carbons (Fsp3) is 0.875. The second kappa shape index (κ2) is 4.38. The third kappa shape index (κ3) is 2.16. The molecule has 0 spiro atoms. The van der Waals surface area contributed by atoms with Crippen LogP contribution in [-0.2, 0) is 0 Å². The van der Waals surface area contributed by atoms with Gasteiger partial charge in [0.15, 0.2) is 0 Å². The van der Waals surface area contributed by atoms with Crippen molar-refractivity contribution in [3.8, 4) is 0 Å². The van der Waals surface area contributed by atoms with E-state index >= 15 is 0 Å². The first-order chi connectivity index (χ1) is 5.75. The maximum absolute atomic E-state index is 12.2. The van der Waals surface area contributed by atoms with Gasteiger partial charge in [-0.05, 0) is 12.8 Å². The van der Waals surface area contributed by atoms with E-state index in [1.165, 1.54) is 0 Å². The van der Waals surface area contributed by atoms with Crippen molar-refractivity contribution < 1.29 is 14.0 Å². The summed E-state index contributed by atoms with van der Waals surface area (Å²) in [5, 5.41) is 11.0. The molecular formula is C8H13F2NO. The fourth-order valence-corrected chi connectivity index (χ4v) is 1.70. The number of oxime groups is 1. The first kappa shape index (κ1) is 9.42. The summed E-state index contributed by atoms with van der Waals surface area (Å²) in [5.74, 6) is -0.191. The number of nitrogens with zero attached hydrogens (tertiary/aromatic N) is 1. The molecule has 0 aromatic carbocycles. The molecule has 4 heteroatoms. The number of hydrogen-bond acceptors (Lipinski definition) is 2. The number of hydrogen-bond donors (Lipinski definition) is 1. The molecule has 1 fully saturated rings. The van der Waals surface area contributed by atoms with Gasteiger partial charge in [0, 0.05) is 5.92 Å². The quantitative estimate of drug-likeness (QED) is 0.392. The molecule has 12 heavy (non-hydrogen) atoms. The standard InChI is InChI=1S/C8H13F2NO/c9-8(10)7(11-12)6-4-2-1-3-5-6/h6,8,12H,1-5H2. The lowest BCUT2D eigenvalue weighted by Crippen LogP contribution is -2.24. The Kier molecular flexibility index (Phi) is 3.44. The molecule has 1 aliphatic rings. The Labute approximate surface area is 70.3 Å². The van der Waals surface area contributed by atoms with E-state index in [9.17, 15) is 8.78 Å². The smallest absolute Gasteiger partial charge is 0.280 e. The van der Waals surface area contributed by atoms with Crippen molar-refractivity contribution in [1.82, 2.24) is 0 Å². The van der Waals surface area contributed by atoms with E-state index < -0.39 is 6.43 Å². The Morgan fingerprint density at radius 1 is 1.25 bits per heavy atom. The molecule has 1 N–H and O–H groups in total. The highest BCUT2D eigenvalue weighted by Gasteiger charge is 2.26. The molecule has 0 radical (unpaired) electrons. The summed E-state index contributed by atoms with van der Waals surface area (Å²) in [6.07, 6.45) is 1.93. The first-order valence-corrected chi connectivity index (χ1v) is 4.25. The summed E-state index contributed by atoms with van der Waals surface area (Å²) in [7, 11) is 0. The third-order valence-corrected chi connectivity index (χ3v) is 2.36. The van der Waals surface area contributed by atoms with E-state index in [2.05, 4.69) is 5.16 Å². The van der Waals surface area contributed by atoms with Gasteiger partial charge >= 0.3 is 0 Å². The fourth-order valence-electron chi connectivity index (χ4n) is 1.70. The maximum Gasteiger partial charge on any atom is 0.280 e. The number of rotatable bonds is 2. The van der Waals surface area contributed by atoms with Crippen molar-refractivity contribution in [3.05, 3.63) is 0 Å². The van der Waals surface area contributed by atoms with E-state index in [0.717, 1.165) is 32.1 Å². The molecule has 0 unspecified atom stereocenters. The van der Waals surface area contributed by atoms with Crippen LogP contribution in [-0.4, -0.2) is 17.3 Å². The van der Waals surface area contributed by atoms with E-state index in [-0.39, 0.29) is 11.6 Å². The second-order valence-electron chi connectivity index (χ2n) is 3.16. The van der Waals surface area contributed by atoms with Crippen molar-refractivity contribution in [1.29, 1.82) is 0 Å². The van der Waals surface area contributed by atoms with Gasteiger partial charge < -0.3 is 5.21 Å². The summed E-state index contributed by atoms with van der Waals surface area (Å²) in [6, 6.07) is 0. The monoisotopic (exact) mass is 177 g/mol. The molecule has 0 saturated heterocycles. The molecule has 1 saturated carbocycles. The zero-order valence-corrected chi connectivity index (χ0v) is 6.84. The Morgan fingerprint density at radius 3 is 2.25 bits per heavy atom. The zero-order valence-electron chi connectivity index (χ0n) is 6.84. The predicted octanol–water partition coefficient (Wildman–Crippen LogP) is 2.66. The molecule has 2 nitrogen and oxygen atoms in total. The van der Waals surface area contributed by atoms with E-state index in [0.29, 0.717) is 0 Å². The average molecular weight is 177 g/mol. The van der Waals surface area contributed by atoms with Crippen LogP contribution in [0.4, 0.5) is 8.78 Å². The van der Waals surface area contributed by atoms with Crippen LogP contribution in [0.25, 0.3) is 0 Å². The minimum Gasteiger partial charge on any atom is -0.411 e. The Balaban J connectivity index is 2.53. The van der Waals surface area contributed by atoms with Crippen molar-refractivity contribution in [3.63, 3.8) is 0 Å². The predicted molar refractivity (Wildman–Crippen MR) is 41.8 cm³/mol. The summed E-state index contributed by atoms with van der Waals surface area (Å²) in [6.45, 7) is 0. The summed E-state index contributed by atoms with van der Waals surface area (Å²) >= 11 is 0. The van der Waals surface area contributed by atoms with E-state index in [4.69, 9.17) is 5.21 Å². The van der Waals surface area contributed by atoms with Crippen LogP contribution in [0, 0.1) is 5.92 Å². The van der Waals surface area contributed by atoms with E-state index in [1.807, 2.05) is 0 Å². The highest BCUT2D eigenvalue weighted by Crippen LogP contribution is 2.26. The van der Waals surface area contributed by atoms with Crippen molar-refractivity contribution in [2.75, 3.05) is 0 Å². The van der Waals surface area contributed by atoms with Crippen molar-refractivity contribution in [2.45, 2.75) is 38.5 Å². The maximum atomic E-state index is 12.2. The molecule has 0 aliphatic heterocycles. The van der Waals surface area contributed by atoms with E-state index in [1.54, 1.807) is 0 Å². The SMILES string of the molecule is ON=C(C(F)F)C1CCCCC1. The van der Waals surface area contributed by atoms with Gasteiger partial charge in [-0.2, -0.15) is 0 Å². The molecule has 0 aromatic rings. The lowest BCUT2D eigenvalue weighted by Gasteiger charge is -2.21. The molecule has 0 heterocycles. The molecule has 0 amide bonds. The molecule has 0 aromatic heterocycles. The topological polar surface area (TPSA) is 32.6 Å². The van der Waals surface area contributed by atoms with Crippen LogP contribution in [0.5, 0.6) is 0 Å². The van der Waals surface area contributed by atoms with Crippen LogP contribution >= 0.6 is 0 Å². The molecular weight excluding hydrogens is 164 g/mol. The van der Waals surface area contributed by atoms with Gasteiger partial charge in [0.1, 0.15) is 5.71 Å². The third-order valence-electron chi connectivity index (χ3n) is 2.36. The molecule has 1 rings (SSSR count). The molecule has 70 valence electrons. The highest BCUT2D eigenvalue weighted by atomic mass is 19.3. The van der Waals surface area contributed by atoms with Crippen LogP contribution in [0.2, 0.25) is 0 Å². The number of halogens is 2. The van der Waals surface area contributed by atoms with Gasteiger partial charge in [0.2, 0.25) is 0 Å². The normalized spacial score (nSPS) is 21.8.